The normalized spacial score (nSPS) is 23.8. The molecule has 1 atom stereocenters. The summed E-state index contributed by atoms with van der Waals surface area (Å²) in [4.78, 5) is 18.6. The first-order valence-corrected chi connectivity index (χ1v) is 10.4. The molecule has 25 heavy (non-hydrogen) atoms. The van der Waals surface area contributed by atoms with Crippen LogP contribution in [0, 0.1) is 0 Å². The number of nitrogens with zero attached hydrogens (tertiary/aromatic N) is 2. The molecule has 2 fully saturated rings. The molecular weight excluding hydrogens is 342 g/mol. The third kappa shape index (κ3) is 3.49. The Kier molecular flexibility index (Phi) is 4.15. The number of piperidine rings is 1. The summed E-state index contributed by atoms with van der Waals surface area (Å²) in [5.41, 5.74) is 1.65. The average Bonchev–Trinajstić information content (AvgIpc) is 3.18. The zero-order chi connectivity index (χ0) is 17.4. The zero-order valence-electron chi connectivity index (χ0n) is 13.8. The number of para-hydroxylation sites is 2. The number of carbonyl (C=O) groups is 1. The summed E-state index contributed by atoms with van der Waals surface area (Å²) in [5.74, 6) is 1.17. The molecule has 0 spiro atoms. The van der Waals surface area contributed by atoms with Crippen LogP contribution in [0.15, 0.2) is 28.7 Å². The van der Waals surface area contributed by atoms with E-state index in [0.29, 0.717) is 19.5 Å². The summed E-state index contributed by atoms with van der Waals surface area (Å²) in [6.07, 6.45) is 2.10. The molecule has 1 aromatic heterocycles. The Balaban J connectivity index is 1.34. The number of hydrogen-bond donors (Lipinski definition) is 1. The van der Waals surface area contributed by atoms with Gasteiger partial charge in [-0.3, -0.25) is 0 Å². The maximum atomic E-state index is 12.3. The highest BCUT2D eigenvalue weighted by atomic mass is 32.2. The van der Waals surface area contributed by atoms with Gasteiger partial charge in [0.2, 0.25) is 0 Å². The van der Waals surface area contributed by atoms with Crippen LogP contribution >= 0.6 is 0 Å². The summed E-state index contributed by atoms with van der Waals surface area (Å²) >= 11 is 0. The Bertz CT molecular complexity index is 851. The SMILES string of the molecule is O=C(N[C@@H]1CCS(=O)(=O)C1)N1CCC(c2nc3ccccc3o2)CC1. The van der Waals surface area contributed by atoms with Gasteiger partial charge in [0.1, 0.15) is 5.52 Å². The fourth-order valence-electron chi connectivity index (χ4n) is 3.57. The van der Waals surface area contributed by atoms with Crippen LogP contribution < -0.4 is 5.32 Å². The first-order chi connectivity index (χ1) is 12.0. The van der Waals surface area contributed by atoms with Gasteiger partial charge in [-0.05, 0) is 31.4 Å². The van der Waals surface area contributed by atoms with Gasteiger partial charge >= 0.3 is 6.03 Å². The van der Waals surface area contributed by atoms with Gasteiger partial charge in [-0.25, -0.2) is 18.2 Å². The molecule has 3 heterocycles. The second-order valence-electron chi connectivity index (χ2n) is 6.83. The Labute approximate surface area is 146 Å². The Morgan fingerprint density at radius 1 is 1.20 bits per heavy atom. The third-order valence-corrected chi connectivity index (χ3v) is 6.77. The predicted molar refractivity (Wildman–Crippen MR) is 93.1 cm³/mol. The standard InChI is InChI=1S/C17H21N3O4S/c21-17(18-13-7-10-25(22,23)11-13)20-8-5-12(6-9-20)16-19-14-3-1-2-4-15(14)24-16/h1-4,12-13H,5-11H2,(H,18,21)/t13-/m1/s1. The lowest BCUT2D eigenvalue weighted by atomic mass is 9.97. The topological polar surface area (TPSA) is 92.5 Å². The van der Waals surface area contributed by atoms with Crippen molar-refractivity contribution in [2.45, 2.75) is 31.2 Å². The molecular formula is C17H21N3O4S. The van der Waals surface area contributed by atoms with Crippen LogP contribution in [0.1, 0.15) is 31.1 Å². The van der Waals surface area contributed by atoms with Crippen LogP contribution in [0.5, 0.6) is 0 Å². The van der Waals surface area contributed by atoms with Crippen molar-refractivity contribution in [3.05, 3.63) is 30.2 Å². The van der Waals surface area contributed by atoms with Crippen LogP contribution in [-0.2, 0) is 9.84 Å². The number of hydrogen-bond acceptors (Lipinski definition) is 5. The van der Waals surface area contributed by atoms with Gasteiger partial charge in [0.15, 0.2) is 21.3 Å². The molecule has 2 aromatic rings. The van der Waals surface area contributed by atoms with Crippen LogP contribution in [-0.4, -0.2) is 55.0 Å². The summed E-state index contributed by atoms with van der Waals surface area (Å²) in [6, 6.07) is 7.27. The van der Waals surface area contributed by atoms with Gasteiger partial charge in [-0.15, -0.1) is 0 Å². The van der Waals surface area contributed by atoms with E-state index in [1.165, 1.54) is 0 Å². The van der Waals surface area contributed by atoms with Crippen molar-refractivity contribution < 1.29 is 17.6 Å². The van der Waals surface area contributed by atoms with Crippen molar-refractivity contribution in [1.29, 1.82) is 0 Å². The van der Waals surface area contributed by atoms with Gasteiger partial charge in [0, 0.05) is 25.0 Å². The maximum absolute atomic E-state index is 12.3. The van der Waals surface area contributed by atoms with Gasteiger partial charge in [0.05, 0.1) is 11.5 Å². The van der Waals surface area contributed by atoms with Crippen LogP contribution in [0.2, 0.25) is 0 Å². The zero-order valence-corrected chi connectivity index (χ0v) is 14.7. The van der Waals surface area contributed by atoms with E-state index in [4.69, 9.17) is 4.42 Å². The average molecular weight is 363 g/mol. The molecule has 0 bridgehead atoms. The van der Waals surface area contributed by atoms with Crippen molar-refractivity contribution in [2.75, 3.05) is 24.6 Å². The number of aromatic nitrogens is 1. The highest BCUT2D eigenvalue weighted by Crippen LogP contribution is 2.30. The lowest BCUT2D eigenvalue weighted by molar-refractivity contribution is 0.175. The summed E-state index contributed by atoms with van der Waals surface area (Å²) in [6.45, 7) is 1.24. The largest absolute Gasteiger partial charge is 0.440 e. The molecule has 2 saturated heterocycles. The van der Waals surface area contributed by atoms with Crippen molar-refractivity contribution >= 4 is 27.0 Å². The first kappa shape index (κ1) is 16.4. The number of amides is 2. The van der Waals surface area contributed by atoms with Gasteiger partial charge in [-0.1, -0.05) is 12.1 Å². The Morgan fingerprint density at radius 2 is 1.96 bits per heavy atom. The molecule has 2 aliphatic rings. The predicted octanol–water partition coefficient (Wildman–Crippen LogP) is 1.90. The number of oxazole rings is 1. The lowest BCUT2D eigenvalue weighted by Gasteiger charge is -2.31. The van der Waals surface area contributed by atoms with Crippen molar-refractivity contribution in [1.82, 2.24) is 15.2 Å². The second kappa shape index (κ2) is 6.33. The Hall–Kier alpha value is -2.09. The van der Waals surface area contributed by atoms with E-state index in [1.807, 2.05) is 24.3 Å². The minimum absolute atomic E-state index is 0.0537. The first-order valence-electron chi connectivity index (χ1n) is 8.61. The van der Waals surface area contributed by atoms with Crippen molar-refractivity contribution in [3.8, 4) is 0 Å². The van der Waals surface area contributed by atoms with E-state index in [0.717, 1.165) is 29.8 Å². The molecule has 134 valence electrons. The van der Waals surface area contributed by atoms with E-state index < -0.39 is 9.84 Å². The van der Waals surface area contributed by atoms with Crippen LogP contribution in [0.25, 0.3) is 11.1 Å². The summed E-state index contributed by atoms with van der Waals surface area (Å²) < 4.78 is 28.8. The molecule has 0 radical (unpaired) electrons. The number of sulfone groups is 1. The summed E-state index contributed by atoms with van der Waals surface area (Å²) in [7, 11) is -2.98. The van der Waals surface area contributed by atoms with E-state index >= 15 is 0 Å². The number of nitrogens with one attached hydrogen (secondary N) is 1. The third-order valence-electron chi connectivity index (χ3n) is 5.00. The van der Waals surface area contributed by atoms with Gasteiger partial charge in [0.25, 0.3) is 0 Å². The van der Waals surface area contributed by atoms with Crippen molar-refractivity contribution in [3.63, 3.8) is 0 Å². The van der Waals surface area contributed by atoms with Gasteiger partial charge in [-0.2, -0.15) is 0 Å². The van der Waals surface area contributed by atoms with E-state index in [1.54, 1.807) is 4.90 Å². The number of likely N-dealkylation sites (tertiary alicyclic amines) is 1. The molecule has 2 amide bonds. The molecule has 1 aromatic carbocycles. The highest BCUT2D eigenvalue weighted by molar-refractivity contribution is 7.91. The number of fused-ring (bicyclic) bond motifs is 1. The Morgan fingerprint density at radius 3 is 2.64 bits per heavy atom. The monoisotopic (exact) mass is 363 g/mol. The van der Waals surface area contributed by atoms with E-state index in [2.05, 4.69) is 10.3 Å². The fraction of sp³-hybridized carbons (Fsp3) is 0.529. The van der Waals surface area contributed by atoms with Gasteiger partial charge < -0.3 is 14.6 Å². The van der Waals surface area contributed by atoms with Crippen LogP contribution in [0.4, 0.5) is 4.79 Å². The molecule has 0 aliphatic carbocycles. The quantitative estimate of drug-likeness (QED) is 0.880. The minimum atomic E-state index is -2.98. The highest BCUT2D eigenvalue weighted by Gasteiger charge is 2.32. The maximum Gasteiger partial charge on any atom is 0.317 e. The smallest absolute Gasteiger partial charge is 0.317 e. The number of rotatable bonds is 2. The minimum Gasteiger partial charge on any atom is -0.440 e. The van der Waals surface area contributed by atoms with Crippen LogP contribution in [0.3, 0.4) is 0 Å². The molecule has 7 nitrogen and oxygen atoms in total. The lowest BCUT2D eigenvalue weighted by Crippen LogP contribution is -2.48. The van der Waals surface area contributed by atoms with E-state index in [9.17, 15) is 13.2 Å². The van der Waals surface area contributed by atoms with E-state index in [-0.39, 0.29) is 29.5 Å². The van der Waals surface area contributed by atoms with Crippen molar-refractivity contribution in [2.24, 2.45) is 0 Å². The molecule has 4 rings (SSSR count). The molecule has 0 unspecified atom stereocenters. The molecule has 0 saturated carbocycles. The molecule has 2 aliphatic heterocycles. The molecule has 1 N–H and O–H groups in total. The molecule has 8 heteroatoms. The summed E-state index contributed by atoms with van der Waals surface area (Å²) in [5, 5.41) is 2.85. The second-order valence-corrected chi connectivity index (χ2v) is 9.06. The fourth-order valence-corrected chi connectivity index (χ4v) is 5.24. The number of urea groups is 1. The number of carbonyl (C=O) groups excluding carboxylic acids is 1. The number of benzene rings is 1.